The first-order valence-electron chi connectivity index (χ1n) is 5.30. The van der Waals surface area contributed by atoms with Crippen LogP contribution in [0.5, 0.6) is 11.5 Å². The van der Waals surface area contributed by atoms with Crippen LogP contribution in [-0.2, 0) is 6.54 Å². The van der Waals surface area contributed by atoms with Gasteiger partial charge < -0.3 is 22.3 Å². The van der Waals surface area contributed by atoms with Crippen molar-refractivity contribution >= 4 is 15.9 Å². The van der Waals surface area contributed by atoms with Crippen LogP contribution in [0, 0.1) is 0 Å². The lowest BCUT2D eigenvalue weighted by Crippen LogP contribution is -3.00. The molecular weight excluding hydrogens is 318 g/mol. The Hall–Kier alpha value is -1.26. The molecule has 2 rings (SSSR count). The fourth-order valence-corrected chi connectivity index (χ4v) is 1.71. The minimum atomic E-state index is 0. The fraction of sp³-hybridized carbons (Fsp3) is 0.154. The zero-order valence-corrected chi connectivity index (χ0v) is 11.9. The summed E-state index contributed by atoms with van der Waals surface area (Å²) in [6.45, 7) is 1.26. The second-order valence-corrected chi connectivity index (χ2v) is 4.52. The molecule has 0 amide bonds. The molecule has 0 atom stereocenters. The Labute approximate surface area is 121 Å². The van der Waals surface area contributed by atoms with Gasteiger partial charge in [0, 0.05) is 10.5 Å². The lowest BCUT2D eigenvalue weighted by atomic mass is 10.3. The van der Waals surface area contributed by atoms with Crippen molar-refractivity contribution in [2.75, 3.05) is 6.61 Å². The van der Waals surface area contributed by atoms with Crippen molar-refractivity contribution in [3.8, 4) is 11.5 Å². The minimum Gasteiger partial charge on any atom is -1.00 e. The second kappa shape index (κ2) is 7.24. The van der Waals surface area contributed by atoms with E-state index < -0.39 is 0 Å². The third kappa shape index (κ3) is 4.55. The molecule has 96 valence electrons. The summed E-state index contributed by atoms with van der Waals surface area (Å²) in [7, 11) is 0. The number of hydrogen-bond donors (Lipinski definition) is 1. The average molecular weight is 331 g/mol. The number of ether oxygens (including phenoxy) is 1. The molecule has 0 fully saturated rings. The molecule has 0 saturated heterocycles. The molecule has 0 bridgehead atoms. The van der Waals surface area contributed by atoms with Gasteiger partial charge in [-0.3, -0.25) is 0 Å². The van der Waals surface area contributed by atoms with Gasteiger partial charge in [0.1, 0.15) is 12.4 Å². The topological polar surface area (TPSA) is 33.3 Å². The summed E-state index contributed by atoms with van der Waals surface area (Å²) in [6.07, 6.45) is 3.57. The predicted molar refractivity (Wildman–Crippen MR) is 67.9 cm³/mol. The average Bonchev–Trinajstić information content (AvgIpc) is 2.32. The molecule has 1 N–H and O–H groups in total. The summed E-state index contributed by atoms with van der Waals surface area (Å²) in [5.74, 6) is 1.10. The van der Waals surface area contributed by atoms with E-state index in [-0.39, 0.29) is 18.2 Å². The zero-order valence-electron chi connectivity index (χ0n) is 9.59. The molecule has 1 aromatic carbocycles. The first-order chi connectivity index (χ1) is 8.24. The number of aromatic hydroxyl groups is 1. The molecule has 2 aromatic rings. The van der Waals surface area contributed by atoms with Crippen LogP contribution < -0.4 is 21.7 Å². The fourth-order valence-electron chi connectivity index (χ4n) is 1.45. The van der Waals surface area contributed by atoms with Gasteiger partial charge >= 0.3 is 0 Å². The summed E-state index contributed by atoms with van der Waals surface area (Å²) in [6, 6.07) is 11.2. The van der Waals surface area contributed by atoms with E-state index in [1.54, 1.807) is 18.3 Å². The predicted octanol–water partition coefficient (Wildman–Crippen LogP) is -0.475. The molecule has 5 heteroatoms. The van der Waals surface area contributed by atoms with Crippen molar-refractivity contribution in [2.45, 2.75) is 6.54 Å². The van der Waals surface area contributed by atoms with Crippen LogP contribution in [0.25, 0.3) is 0 Å². The molecule has 18 heavy (non-hydrogen) atoms. The maximum Gasteiger partial charge on any atom is 0.211 e. The van der Waals surface area contributed by atoms with E-state index in [2.05, 4.69) is 15.9 Å². The number of aromatic nitrogens is 1. The number of nitrogens with zero attached hydrogens (tertiary/aromatic N) is 1. The van der Waals surface area contributed by atoms with Crippen LogP contribution >= 0.6 is 15.9 Å². The third-order valence-electron chi connectivity index (χ3n) is 2.27. The van der Waals surface area contributed by atoms with E-state index in [1.165, 1.54) is 0 Å². The molecule has 0 aliphatic carbocycles. The molecule has 0 unspecified atom stereocenters. The van der Waals surface area contributed by atoms with Crippen LogP contribution in [0.4, 0.5) is 0 Å². The monoisotopic (exact) mass is 329 g/mol. The first kappa shape index (κ1) is 14.8. The maximum atomic E-state index is 9.29. The highest BCUT2D eigenvalue weighted by Gasteiger charge is 2.02. The SMILES string of the molecule is Oc1ccc[n+](CCOc2ccc(Br)cc2)c1.[Cl-]. The second-order valence-electron chi connectivity index (χ2n) is 3.60. The van der Waals surface area contributed by atoms with E-state index in [0.29, 0.717) is 13.2 Å². The van der Waals surface area contributed by atoms with Gasteiger partial charge in [-0.2, -0.15) is 4.57 Å². The van der Waals surface area contributed by atoms with Gasteiger partial charge in [-0.1, -0.05) is 15.9 Å². The Bertz CT molecular complexity index is 491. The Kier molecular flexibility index (Phi) is 5.95. The number of pyridine rings is 1. The minimum absolute atomic E-state index is 0. The van der Waals surface area contributed by atoms with Gasteiger partial charge in [0.05, 0.1) is 0 Å². The van der Waals surface area contributed by atoms with Crippen molar-refractivity contribution in [2.24, 2.45) is 0 Å². The molecule has 0 aliphatic rings. The van der Waals surface area contributed by atoms with E-state index in [4.69, 9.17) is 4.74 Å². The molecule has 0 radical (unpaired) electrons. The van der Waals surface area contributed by atoms with Crippen LogP contribution in [0.3, 0.4) is 0 Å². The van der Waals surface area contributed by atoms with Gasteiger partial charge in [0.15, 0.2) is 18.5 Å². The Morgan fingerprint density at radius 1 is 1.17 bits per heavy atom. The lowest BCUT2D eigenvalue weighted by Gasteiger charge is -2.03. The summed E-state index contributed by atoms with van der Waals surface area (Å²) in [5.41, 5.74) is 0. The smallest absolute Gasteiger partial charge is 0.211 e. The van der Waals surface area contributed by atoms with Gasteiger partial charge in [-0.25, -0.2) is 0 Å². The van der Waals surface area contributed by atoms with Gasteiger partial charge in [-0.15, -0.1) is 0 Å². The molecule has 0 saturated carbocycles. The number of halogens is 2. The normalized spacial score (nSPS) is 9.61. The molecular formula is C13H13BrClNO2. The number of rotatable bonds is 4. The summed E-state index contributed by atoms with van der Waals surface area (Å²) in [5, 5.41) is 9.29. The van der Waals surface area contributed by atoms with E-state index in [9.17, 15) is 5.11 Å². The zero-order chi connectivity index (χ0) is 12.1. The Balaban J connectivity index is 0.00000162. The summed E-state index contributed by atoms with van der Waals surface area (Å²) >= 11 is 3.37. The van der Waals surface area contributed by atoms with E-state index in [1.807, 2.05) is 35.0 Å². The first-order valence-corrected chi connectivity index (χ1v) is 6.10. The van der Waals surface area contributed by atoms with Gasteiger partial charge in [-0.05, 0) is 30.3 Å². The van der Waals surface area contributed by atoms with Gasteiger partial charge in [0.25, 0.3) is 0 Å². The molecule has 1 aromatic heterocycles. The number of hydrogen-bond acceptors (Lipinski definition) is 2. The van der Waals surface area contributed by atoms with Crippen molar-refractivity contribution in [1.82, 2.24) is 0 Å². The largest absolute Gasteiger partial charge is 1.00 e. The van der Waals surface area contributed by atoms with Crippen LogP contribution in [0.2, 0.25) is 0 Å². The lowest BCUT2D eigenvalue weighted by molar-refractivity contribution is -0.697. The summed E-state index contributed by atoms with van der Waals surface area (Å²) < 4.78 is 8.50. The highest BCUT2D eigenvalue weighted by atomic mass is 79.9. The highest BCUT2D eigenvalue weighted by Crippen LogP contribution is 2.15. The van der Waals surface area contributed by atoms with E-state index >= 15 is 0 Å². The number of benzene rings is 1. The molecule has 3 nitrogen and oxygen atoms in total. The van der Waals surface area contributed by atoms with Gasteiger partial charge in [0.2, 0.25) is 6.20 Å². The third-order valence-corrected chi connectivity index (χ3v) is 2.80. The van der Waals surface area contributed by atoms with Crippen molar-refractivity contribution in [1.29, 1.82) is 0 Å². The quantitative estimate of drug-likeness (QED) is 0.769. The molecule has 0 aliphatic heterocycles. The van der Waals surface area contributed by atoms with Crippen LogP contribution in [0.15, 0.2) is 53.3 Å². The molecule has 0 spiro atoms. The summed E-state index contributed by atoms with van der Waals surface area (Å²) in [4.78, 5) is 0. The van der Waals surface area contributed by atoms with Crippen molar-refractivity contribution < 1.29 is 26.8 Å². The molecule has 1 heterocycles. The highest BCUT2D eigenvalue weighted by molar-refractivity contribution is 9.10. The van der Waals surface area contributed by atoms with Crippen molar-refractivity contribution in [3.63, 3.8) is 0 Å². The Morgan fingerprint density at radius 2 is 1.89 bits per heavy atom. The van der Waals surface area contributed by atoms with Crippen LogP contribution in [-0.4, -0.2) is 11.7 Å². The van der Waals surface area contributed by atoms with E-state index in [0.717, 1.165) is 10.2 Å². The van der Waals surface area contributed by atoms with Crippen LogP contribution in [0.1, 0.15) is 0 Å². The standard InChI is InChI=1S/C13H12BrNO2.ClH/c14-11-3-5-13(6-4-11)17-9-8-15-7-1-2-12(16)10-15;/h1-7,10H,8-9H2;1H. The maximum absolute atomic E-state index is 9.29. The van der Waals surface area contributed by atoms with Crippen molar-refractivity contribution in [3.05, 3.63) is 53.3 Å². The Morgan fingerprint density at radius 3 is 2.56 bits per heavy atom.